The molecule has 0 radical (unpaired) electrons. The molecule has 0 saturated heterocycles. The zero-order chi connectivity index (χ0) is 14.5. The Morgan fingerprint density at radius 2 is 2.25 bits per heavy atom. The summed E-state index contributed by atoms with van der Waals surface area (Å²) in [4.78, 5) is 12.8. The van der Waals surface area contributed by atoms with Crippen molar-refractivity contribution in [3.63, 3.8) is 0 Å². The molecule has 0 saturated carbocycles. The molecule has 1 aromatic carbocycles. The van der Waals surface area contributed by atoms with Crippen LogP contribution in [0.25, 0.3) is 0 Å². The first-order valence-corrected chi connectivity index (χ1v) is 7.21. The third kappa shape index (κ3) is 3.40. The largest absolute Gasteiger partial charge is 0.320 e. The topological polar surface area (TPSA) is 55.1 Å². The van der Waals surface area contributed by atoms with Crippen LogP contribution in [0, 0.1) is 18.8 Å². The Morgan fingerprint density at radius 1 is 1.45 bits per heavy atom. The summed E-state index contributed by atoms with van der Waals surface area (Å²) in [6.07, 6.45) is 0. The van der Waals surface area contributed by atoms with Crippen LogP contribution >= 0.6 is 22.9 Å². The number of benzene rings is 1. The zero-order valence-electron chi connectivity index (χ0n) is 10.9. The van der Waals surface area contributed by atoms with Crippen LogP contribution in [0.5, 0.6) is 0 Å². The number of carbonyl (C=O) groups excluding carboxylic acids is 1. The van der Waals surface area contributed by atoms with Gasteiger partial charge in [-0.15, -0.1) is 11.3 Å². The van der Waals surface area contributed by atoms with Crippen LogP contribution in [0.1, 0.15) is 20.8 Å². The third-order valence-electron chi connectivity index (χ3n) is 2.57. The summed E-state index contributed by atoms with van der Waals surface area (Å²) >= 11 is 7.41. The summed E-state index contributed by atoms with van der Waals surface area (Å²) in [5.74, 6) is 5.42. The molecule has 0 aliphatic rings. The van der Waals surface area contributed by atoms with Gasteiger partial charge in [0.05, 0.1) is 17.3 Å². The first kappa shape index (κ1) is 14.6. The second-order valence-electron chi connectivity index (χ2n) is 4.11. The minimum absolute atomic E-state index is 0.214. The fourth-order valence-corrected chi connectivity index (χ4v) is 2.55. The summed E-state index contributed by atoms with van der Waals surface area (Å²) in [5, 5.41) is 5.15. The number of hydrogen-bond acceptors (Lipinski definition) is 3. The van der Waals surface area contributed by atoms with Crippen LogP contribution in [0.2, 0.25) is 5.02 Å². The molecule has 2 rings (SSSR count). The van der Waals surface area contributed by atoms with Gasteiger partial charge in [0.15, 0.2) is 0 Å². The number of amides is 1. The van der Waals surface area contributed by atoms with Gasteiger partial charge in [0.25, 0.3) is 5.91 Å². The highest BCUT2D eigenvalue weighted by Gasteiger charge is 2.13. The van der Waals surface area contributed by atoms with E-state index in [1.165, 1.54) is 11.3 Å². The van der Waals surface area contributed by atoms with Crippen molar-refractivity contribution in [1.29, 1.82) is 0 Å². The summed E-state index contributed by atoms with van der Waals surface area (Å²) in [6.45, 7) is 2.20. The maximum atomic E-state index is 12.3. The van der Waals surface area contributed by atoms with Crippen molar-refractivity contribution in [3.8, 4) is 11.8 Å². The predicted octanol–water partition coefficient (Wildman–Crippen LogP) is 3.27. The van der Waals surface area contributed by atoms with Gasteiger partial charge in [0.2, 0.25) is 0 Å². The molecule has 102 valence electrons. The SMILES string of the molecule is Cc1ccc(Cl)c(NC(=O)c2sccc2C#CCN)c1. The Bertz CT molecular complexity index is 697. The highest BCUT2D eigenvalue weighted by Crippen LogP contribution is 2.25. The number of nitrogens with one attached hydrogen (secondary N) is 1. The lowest BCUT2D eigenvalue weighted by molar-refractivity contribution is 0.103. The van der Waals surface area contributed by atoms with Crippen LogP contribution in [-0.4, -0.2) is 12.5 Å². The van der Waals surface area contributed by atoms with E-state index in [4.69, 9.17) is 17.3 Å². The fourth-order valence-electron chi connectivity index (χ4n) is 1.64. The van der Waals surface area contributed by atoms with Gasteiger partial charge in [-0.25, -0.2) is 0 Å². The predicted molar refractivity (Wildman–Crippen MR) is 84.4 cm³/mol. The van der Waals surface area contributed by atoms with Crippen LogP contribution < -0.4 is 11.1 Å². The number of nitrogens with two attached hydrogens (primary N) is 1. The van der Waals surface area contributed by atoms with Gasteiger partial charge in [0, 0.05) is 5.56 Å². The Morgan fingerprint density at radius 3 is 3.00 bits per heavy atom. The Kier molecular flexibility index (Phi) is 4.80. The maximum absolute atomic E-state index is 12.3. The van der Waals surface area contributed by atoms with Gasteiger partial charge in [-0.1, -0.05) is 29.5 Å². The molecule has 1 aromatic heterocycles. The number of aryl methyl sites for hydroxylation is 1. The first-order valence-electron chi connectivity index (χ1n) is 5.95. The summed E-state index contributed by atoms with van der Waals surface area (Å²) in [7, 11) is 0. The fraction of sp³-hybridized carbons (Fsp3) is 0.133. The molecule has 3 nitrogen and oxygen atoms in total. The molecule has 20 heavy (non-hydrogen) atoms. The number of anilines is 1. The van der Waals surface area contributed by atoms with Crippen molar-refractivity contribution in [2.75, 3.05) is 11.9 Å². The van der Waals surface area contributed by atoms with Crippen LogP contribution in [0.4, 0.5) is 5.69 Å². The van der Waals surface area contributed by atoms with Gasteiger partial charge in [-0.2, -0.15) is 0 Å². The van der Waals surface area contributed by atoms with Gasteiger partial charge >= 0.3 is 0 Å². The molecule has 0 bridgehead atoms. The lowest BCUT2D eigenvalue weighted by Gasteiger charge is -2.07. The number of hydrogen-bond donors (Lipinski definition) is 2. The van der Waals surface area contributed by atoms with Gasteiger partial charge in [-0.3, -0.25) is 4.79 Å². The standard InChI is InChI=1S/C15H13ClN2OS/c1-10-4-5-12(16)13(9-10)18-15(19)14-11(3-2-7-17)6-8-20-14/h4-6,8-9H,7,17H2,1H3,(H,18,19). The molecule has 0 fully saturated rings. The lowest BCUT2D eigenvalue weighted by Crippen LogP contribution is -2.12. The number of rotatable bonds is 2. The third-order valence-corrected chi connectivity index (χ3v) is 3.81. The second-order valence-corrected chi connectivity index (χ2v) is 5.43. The van der Waals surface area contributed by atoms with Crippen LogP contribution in [0.15, 0.2) is 29.6 Å². The minimum atomic E-state index is -0.214. The van der Waals surface area contributed by atoms with Crippen molar-refractivity contribution in [2.24, 2.45) is 5.73 Å². The molecule has 0 spiro atoms. The molecule has 1 amide bonds. The van der Waals surface area contributed by atoms with E-state index in [-0.39, 0.29) is 12.5 Å². The monoisotopic (exact) mass is 304 g/mol. The Balaban J connectivity index is 2.24. The van der Waals surface area contributed by atoms with E-state index in [2.05, 4.69) is 17.2 Å². The Labute approximate surface area is 126 Å². The summed E-state index contributed by atoms with van der Waals surface area (Å²) in [5.41, 5.74) is 7.65. The average Bonchev–Trinajstić information content (AvgIpc) is 2.89. The molecule has 5 heteroatoms. The minimum Gasteiger partial charge on any atom is -0.320 e. The lowest BCUT2D eigenvalue weighted by atomic mass is 10.2. The molecule has 0 atom stereocenters. The van der Waals surface area contributed by atoms with Crippen LogP contribution in [0.3, 0.4) is 0 Å². The molecule has 2 aromatic rings. The van der Waals surface area contributed by atoms with E-state index < -0.39 is 0 Å². The molecule has 0 aliphatic carbocycles. The highest BCUT2D eigenvalue weighted by molar-refractivity contribution is 7.12. The van der Waals surface area contributed by atoms with Gasteiger partial charge < -0.3 is 11.1 Å². The van der Waals surface area contributed by atoms with Gasteiger partial charge in [-0.05, 0) is 36.1 Å². The maximum Gasteiger partial charge on any atom is 0.267 e. The summed E-state index contributed by atoms with van der Waals surface area (Å²) in [6, 6.07) is 7.29. The van der Waals surface area contributed by atoms with E-state index in [1.807, 2.05) is 24.4 Å². The van der Waals surface area contributed by atoms with E-state index in [1.54, 1.807) is 12.1 Å². The molecule has 0 aliphatic heterocycles. The van der Waals surface area contributed by atoms with E-state index in [0.717, 1.165) is 5.56 Å². The normalized spacial score (nSPS) is 9.75. The van der Waals surface area contributed by atoms with Crippen molar-refractivity contribution in [1.82, 2.24) is 0 Å². The zero-order valence-corrected chi connectivity index (χ0v) is 12.4. The van der Waals surface area contributed by atoms with E-state index >= 15 is 0 Å². The molecular formula is C15H13ClN2OS. The average molecular weight is 305 g/mol. The van der Waals surface area contributed by atoms with E-state index in [0.29, 0.717) is 21.2 Å². The quantitative estimate of drug-likeness (QED) is 0.837. The number of halogens is 1. The molecule has 0 unspecified atom stereocenters. The van der Waals surface area contributed by atoms with Crippen molar-refractivity contribution in [2.45, 2.75) is 6.92 Å². The Hall–Kier alpha value is -1.80. The molecule has 1 heterocycles. The van der Waals surface area contributed by atoms with Crippen molar-refractivity contribution < 1.29 is 4.79 Å². The smallest absolute Gasteiger partial charge is 0.267 e. The molecule has 3 N–H and O–H groups in total. The summed E-state index contributed by atoms with van der Waals surface area (Å²) < 4.78 is 0. The number of thiophene rings is 1. The van der Waals surface area contributed by atoms with E-state index in [9.17, 15) is 4.79 Å². The van der Waals surface area contributed by atoms with Crippen LogP contribution in [-0.2, 0) is 0 Å². The first-order chi connectivity index (χ1) is 9.61. The van der Waals surface area contributed by atoms with Gasteiger partial charge in [0.1, 0.15) is 4.88 Å². The second kappa shape index (κ2) is 6.58. The van der Waals surface area contributed by atoms with Crippen molar-refractivity contribution in [3.05, 3.63) is 50.7 Å². The molecular weight excluding hydrogens is 292 g/mol. The van der Waals surface area contributed by atoms with Crippen molar-refractivity contribution >= 4 is 34.5 Å². The highest BCUT2D eigenvalue weighted by atomic mass is 35.5. The number of carbonyl (C=O) groups is 1.